The van der Waals surface area contributed by atoms with E-state index in [0.717, 1.165) is 10.1 Å². The molecule has 0 bridgehead atoms. The van der Waals surface area contributed by atoms with Crippen molar-refractivity contribution >= 4 is 17.7 Å². The fourth-order valence-corrected chi connectivity index (χ4v) is 1.78. The molecule has 2 rings (SSSR count). The van der Waals surface area contributed by atoms with Crippen LogP contribution >= 0.6 is 0 Å². The van der Waals surface area contributed by atoms with Gasteiger partial charge in [0.2, 0.25) is 0 Å². The lowest BCUT2D eigenvalue weighted by Gasteiger charge is -2.08. The van der Waals surface area contributed by atoms with Gasteiger partial charge < -0.3 is 5.73 Å². The molecule has 6 heteroatoms. The van der Waals surface area contributed by atoms with E-state index in [1.807, 2.05) is 31.2 Å². The highest BCUT2D eigenvalue weighted by atomic mass is 16.2. The summed E-state index contributed by atoms with van der Waals surface area (Å²) in [6.07, 6.45) is 1.39. The van der Waals surface area contributed by atoms with Crippen LogP contribution in [0.1, 0.15) is 11.1 Å². The molecule has 6 nitrogen and oxygen atoms in total. The molecule has 1 aromatic carbocycles. The maximum Gasteiger partial charge on any atom is 0.332 e. The maximum absolute atomic E-state index is 12.0. The number of aryl methyl sites for hydroxylation is 1. The Bertz CT molecular complexity index is 783. The van der Waals surface area contributed by atoms with Gasteiger partial charge in [-0.05, 0) is 19.1 Å². The Kier molecular flexibility index (Phi) is 3.56. The number of aromatic nitrogens is 2. The van der Waals surface area contributed by atoms with E-state index in [9.17, 15) is 9.59 Å². The predicted octanol–water partition coefficient (Wildman–Crippen LogP) is 0.725. The van der Waals surface area contributed by atoms with Crippen LogP contribution in [-0.4, -0.2) is 15.3 Å². The summed E-state index contributed by atoms with van der Waals surface area (Å²) in [5, 5.41) is 0. The van der Waals surface area contributed by atoms with Crippen molar-refractivity contribution in [1.29, 1.82) is 0 Å². The summed E-state index contributed by atoms with van der Waals surface area (Å²) in [5.41, 5.74) is 6.93. The molecule has 0 saturated carbocycles. The summed E-state index contributed by atoms with van der Waals surface area (Å²) in [6, 6.07) is 7.53. The lowest BCUT2D eigenvalue weighted by atomic mass is 10.2. The van der Waals surface area contributed by atoms with E-state index in [1.165, 1.54) is 24.9 Å². The summed E-state index contributed by atoms with van der Waals surface area (Å²) < 4.78 is 2.23. The van der Waals surface area contributed by atoms with Crippen LogP contribution < -0.4 is 17.0 Å². The number of benzene rings is 1. The molecule has 0 aliphatic rings. The van der Waals surface area contributed by atoms with E-state index in [2.05, 4.69) is 4.99 Å². The SMILES string of the molecule is Cc1ccc(N=Cc2c(N)n(C)c(=O)n(C)c2=O)cc1. The summed E-state index contributed by atoms with van der Waals surface area (Å²) in [7, 11) is 2.92. The number of hydrogen-bond acceptors (Lipinski definition) is 4. The molecule has 0 fully saturated rings. The van der Waals surface area contributed by atoms with Crippen LogP contribution in [0.4, 0.5) is 11.5 Å². The Labute approximate surface area is 115 Å². The normalized spacial score (nSPS) is 11.2. The Morgan fingerprint density at radius 3 is 2.30 bits per heavy atom. The van der Waals surface area contributed by atoms with Gasteiger partial charge >= 0.3 is 5.69 Å². The summed E-state index contributed by atoms with van der Waals surface area (Å²) >= 11 is 0. The highest BCUT2D eigenvalue weighted by Crippen LogP contribution is 2.12. The van der Waals surface area contributed by atoms with Crippen molar-refractivity contribution in [2.75, 3.05) is 5.73 Å². The zero-order chi connectivity index (χ0) is 14.9. The zero-order valence-electron chi connectivity index (χ0n) is 11.6. The molecule has 0 aliphatic carbocycles. The van der Waals surface area contributed by atoms with Crippen LogP contribution in [0.2, 0.25) is 0 Å². The van der Waals surface area contributed by atoms with Crippen molar-refractivity contribution in [2.24, 2.45) is 19.1 Å². The molecule has 0 saturated heterocycles. The van der Waals surface area contributed by atoms with E-state index in [0.29, 0.717) is 5.69 Å². The second-order valence-corrected chi connectivity index (χ2v) is 4.60. The molecule has 2 N–H and O–H groups in total. The largest absolute Gasteiger partial charge is 0.384 e. The molecule has 0 spiro atoms. The van der Waals surface area contributed by atoms with Crippen LogP contribution in [0.5, 0.6) is 0 Å². The quantitative estimate of drug-likeness (QED) is 0.818. The van der Waals surface area contributed by atoms with Crippen LogP contribution in [0.25, 0.3) is 0 Å². The van der Waals surface area contributed by atoms with E-state index < -0.39 is 11.2 Å². The number of aliphatic imine (C=N–C) groups is 1. The monoisotopic (exact) mass is 272 g/mol. The average molecular weight is 272 g/mol. The third kappa shape index (κ3) is 2.40. The smallest absolute Gasteiger partial charge is 0.332 e. The Balaban J connectivity index is 2.52. The van der Waals surface area contributed by atoms with Gasteiger partial charge in [0.05, 0.1) is 11.3 Å². The minimum atomic E-state index is -0.458. The molecule has 0 atom stereocenters. The van der Waals surface area contributed by atoms with Crippen LogP contribution in [0.3, 0.4) is 0 Å². The molecular weight excluding hydrogens is 256 g/mol. The molecule has 104 valence electrons. The first kappa shape index (κ1) is 13.8. The fourth-order valence-electron chi connectivity index (χ4n) is 1.78. The molecule has 0 amide bonds. The first-order valence-electron chi connectivity index (χ1n) is 6.08. The topological polar surface area (TPSA) is 82.4 Å². The van der Waals surface area contributed by atoms with Gasteiger partial charge in [-0.1, -0.05) is 17.7 Å². The van der Waals surface area contributed by atoms with Crippen molar-refractivity contribution in [3.8, 4) is 0 Å². The third-order valence-electron chi connectivity index (χ3n) is 3.12. The number of anilines is 1. The number of nitrogen functional groups attached to an aromatic ring is 1. The average Bonchev–Trinajstić information content (AvgIpc) is 2.45. The van der Waals surface area contributed by atoms with Crippen LogP contribution in [-0.2, 0) is 14.1 Å². The zero-order valence-corrected chi connectivity index (χ0v) is 11.6. The lowest BCUT2D eigenvalue weighted by Crippen LogP contribution is -2.40. The Morgan fingerprint density at radius 1 is 1.10 bits per heavy atom. The van der Waals surface area contributed by atoms with E-state index >= 15 is 0 Å². The molecule has 1 heterocycles. The summed E-state index contributed by atoms with van der Waals surface area (Å²) in [5.74, 6) is 0.106. The van der Waals surface area contributed by atoms with Gasteiger partial charge in [0, 0.05) is 20.3 Å². The van der Waals surface area contributed by atoms with Gasteiger partial charge in [-0.3, -0.25) is 18.9 Å². The van der Waals surface area contributed by atoms with Gasteiger partial charge in [-0.2, -0.15) is 0 Å². The standard InChI is InChI=1S/C14H16N4O2/c1-9-4-6-10(7-5-9)16-8-11-12(15)17(2)14(20)18(3)13(11)19/h4-8H,15H2,1-3H3. The van der Waals surface area contributed by atoms with Crippen molar-refractivity contribution in [3.05, 3.63) is 56.2 Å². The van der Waals surface area contributed by atoms with Crippen molar-refractivity contribution in [1.82, 2.24) is 9.13 Å². The molecule has 0 unspecified atom stereocenters. The number of nitrogens with two attached hydrogens (primary N) is 1. The fraction of sp³-hybridized carbons (Fsp3) is 0.214. The highest BCUT2D eigenvalue weighted by Gasteiger charge is 2.10. The molecule has 0 radical (unpaired) electrons. The van der Waals surface area contributed by atoms with Gasteiger partial charge in [0.25, 0.3) is 5.56 Å². The highest BCUT2D eigenvalue weighted by molar-refractivity contribution is 5.86. The van der Waals surface area contributed by atoms with E-state index in [-0.39, 0.29) is 11.4 Å². The van der Waals surface area contributed by atoms with Gasteiger partial charge in [-0.15, -0.1) is 0 Å². The predicted molar refractivity (Wildman–Crippen MR) is 79.8 cm³/mol. The first-order valence-corrected chi connectivity index (χ1v) is 6.08. The molecular formula is C14H16N4O2. The minimum Gasteiger partial charge on any atom is -0.384 e. The van der Waals surface area contributed by atoms with E-state index in [1.54, 1.807) is 0 Å². The van der Waals surface area contributed by atoms with Gasteiger partial charge in [-0.25, -0.2) is 4.79 Å². The van der Waals surface area contributed by atoms with Crippen molar-refractivity contribution < 1.29 is 0 Å². The van der Waals surface area contributed by atoms with Gasteiger partial charge in [0.15, 0.2) is 0 Å². The summed E-state index contributed by atoms with van der Waals surface area (Å²) in [6.45, 7) is 1.98. The van der Waals surface area contributed by atoms with Gasteiger partial charge in [0.1, 0.15) is 5.82 Å². The minimum absolute atomic E-state index is 0.106. The Hall–Kier alpha value is -2.63. The maximum atomic E-state index is 12.0. The molecule has 1 aromatic heterocycles. The third-order valence-corrected chi connectivity index (χ3v) is 3.12. The molecule has 2 aromatic rings. The van der Waals surface area contributed by atoms with Crippen LogP contribution in [0.15, 0.2) is 38.8 Å². The molecule has 20 heavy (non-hydrogen) atoms. The second-order valence-electron chi connectivity index (χ2n) is 4.60. The van der Waals surface area contributed by atoms with Crippen molar-refractivity contribution in [2.45, 2.75) is 6.92 Å². The number of rotatable bonds is 2. The van der Waals surface area contributed by atoms with Crippen molar-refractivity contribution in [3.63, 3.8) is 0 Å². The van der Waals surface area contributed by atoms with Crippen LogP contribution in [0, 0.1) is 6.92 Å². The second kappa shape index (κ2) is 5.16. The number of nitrogens with zero attached hydrogens (tertiary/aromatic N) is 3. The first-order chi connectivity index (χ1) is 9.41. The Morgan fingerprint density at radius 2 is 1.70 bits per heavy atom. The summed E-state index contributed by atoms with van der Waals surface area (Å²) in [4.78, 5) is 27.9. The molecule has 0 aliphatic heterocycles. The lowest BCUT2D eigenvalue weighted by molar-refractivity contribution is 0.692. The number of hydrogen-bond donors (Lipinski definition) is 1. The van der Waals surface area contributed by atoms with E-state index in [4.69, 9.17) is 5.73 Å².